The topological polar surface area (TPSA) is 79.0 Å². The van der Waals surface area contributed by atoms with Gasteiger partial charge in [0.25, 0.3) is 0 Å². The molecule has 1 fully saturated rings. The van der Waals surface area contributed by atoms with Crippen LogP contribution in [0.4, 0.5) is 0 Å². The molecule has 0 aliphatic heterocycles. The third-order valence-corrected chi connectivity index (χ3v) is 6.15. The molecular formula is C19H31N3O4S. The van der Waals surface area contributed by atoms with Gasteiger partial charge in [-0.25, -0.2) is 13.1 Å². The largest absolute Gasteiger partial charge is 0.490 e. The Morgan fingerprint density at radius 1 is 1.11 bits per heavy atom. The highest BCUT2D eigenvalue weighted by Gasteiger charge is 2.18. The molecule has 0 spiro atoms. The second-order valence-corrected chi connectivity index (χ2v) is 8.97. The minimum atomic E-state index is -3.61. The van der Waals surface area contributed by atoms with Gasteiger partial charge in [-0.3, -0.25) is 4.79 Å². The van der Waals surface area contributed by atoms with Crippen molar-refractivity contribution >= 4 is 15.9 Å². The van der Waals surface area contributed by atoms with Crippen LogP contribution in [0.5, 0.6) is 5.75 Å². The van der Waals surface area contributed by atoms with Gasteiger partial charge in [0.2, 0.25) is 15.9 Å². The number of nitrogens with zero attached hydrogens (tertiary/aromatic N) is 2. The number of hydrogen-bond acceptors (Lipinski definition) is 5. The van der Waals surface area contributed by atoms with Crippen molar-refractivity contribution in [2.45, 2.75) is 43.6 Å². The predicted octanol–water partition coefficient (Wildman–Crippen LogP) is 1.70. The van der Waals surface area contributed by atoms with Gasteiger partial charge < -0.3 is 14.5 Å². The van der Waals surface area contributed by atoms with E-state index in [0.717, 1.165) is 19.4 Å². The summed E-state index contributed by atoms with van der Waals surface area (Å²) in [5.41, 5.74) is 0. The van der Waals surface area contributed by atoms with Gasteiger partial charge in [0, 0.05) is 33.1 Å². The average Bonchev–Trinajstić information content (AvgIpc) is 3.11. The number of nitrogens with one attached hydrogen (secondary N) is 1. The van der Waals surface area contributed by atoms with Crippen LogP contribution in [0.25, 0.3) is 0 Å². The van der Waals surface area contributed by atoms with E-state index in [4.69, 9.17) is 4.74 Å². The minimum Gasteiger partial charge on any atom is -0.490 e. The molecule has 1 aliphatic rings. The van der Waals surface area contributed by atoms with Crippen molar-refractivity contribution in [1.29, 1.82) is 0 Å². The Balaban J connectivity index is 1.86. The number of likely N-dealkylation sites (N-methyl/N-ethyl adjacent to an activating group) is 1. The smallest absolute Gasteiger partial charge is 0.240 e. The molecule has 27 heavy (non-hydrogen) atoms. The van der Waals surface area contributed by atoms with Crippen LogP contribution in [0.1, 0.15) is 32.6 Å². The molecule has 0 bridgehead atoms. The monoisotopic (exact) mass is 397 g/mol. The third-order valence-electron chi connectivity index (χ3n) is 4.68. The lowest BCUT2D eigenvalue weighted by Crippen LogP contribution is -2.40. The van der Waals surface area contributed by atoms with Crippen LogP contribution in [0.2, 0.25) is 0 Å². The summed E-state index contributed by atoms with van der Waals surface area (Å²) in [6.45, 7) is 3.31. The second-order valence-electron chi connectivity index (χ2n) is 7.20. The fourth-order valence-corrected chi connectivity index (χ4v) is 4.06. The van der Waals surface area contributed by atoms with Crippen molar-refractivity contribution in [3.8, 4) is 5.75 Å². The third kappa shape index (κ3) is 7.12. The molecule has 2 rings (SSSR count). The van der Waals surface area contributed by atoms with Gasteiger partial charge >= 0.3 is 0 Å². The quantitative estimate of drug-likeness (QED) is 0.650. The maximum atomic E-state index is 12.4. The lowest BCUT2D eigenvalue weighted by Gasteiger charge is -2.23. The Hall–Kier alpha value is -1.64. The molecule has 0 aromatic heterocycles. The number of rotatable bonds is 10. The number of hydrogen-bond donors (Lipinski definition) is 1. The van der Waals surface area contributed by atoms with E-state index in [1.54, 1.807) is 29.2 Å². The molecular weight excluding hydrogens is 366 g/mol. The molecule has 1 N–H and O–H groups in total. The first-order chi connectivity index (χ1) is 12.8. The lowest BCUT2D eigenvalue weighted by molar-refractivity contribution is -0.128. The number of ether oxygens (including phenoxy) is 1. The predicted molar refractivity (Wildman–Crippen MR) is 105 cm³/mol. The number of carbonyl (C=O) groups is 1. The molecule has 152 valence electrons. The fraction of sp³-hybridized carbons (Fsp3) is 0.632. The van der Waals surface area contributed by atoms with Crippen LogP contribution in [0.3, 0.4) is 0 Å². The van der Waals surface area contributed by atoms with Crippen LogP contribution in [0, 0.1) is 0 Å². The summed E-state index contributed by atoms with van der Waals surface area (Å²) in [6, 6.07) is 6.51. The molecule has 1 saturated carbocycles. The molecule has 1 aromatic rings. The number of benzene rings is 1. The molecule has 0 heterocycles. The van der Waals surface area contributed by atoms with E-state index in [0.29, 0.717) is 18.8 Å². The molecule has 1 amide bonds. The van der Waals surface area contributed by atoms with Crippen LogP contribution in [-0.4, -0.2) is 70.5 Å². The summed E-state index contributed by atoms with van der Waals surface area (Å²) in [5.74, 6) is 0.636. The van der Waals surface area contributed by atoms with Crippen molar-refractivity contribution in [3.63, 3.8) is 0 Å². The summed E-state index contributed by atoms with van der Waals surface area (Å²) in [7, 11) is 0.252. The Bertz CT molecular complexity index is 698. The number of carbonyl (C=O) groups excluding carboxylic acids is 1. The first-order valence-electron chi connectivity index (χ1n) is 9.44. The van der Waals surface area contributed by atoms with E-state index in [-0.39, 0.29) is 23.5 Å². The van der Waals surface area contributed by atoms with Crippen LogP contribution in [-0.2, 0) is 14.8 Å². The standard InChI is InChI=1S/C19H31N3O4S/c1-16(23)22(15-14-21(2)3)13-12-20-27(24,25)19-10-8-18(9-11-19)26-17-6-4-5-7-17/h8-11,17,20H,4-7,12-15H2,1-3H3. The minimum absolute atomic E-state index is 0.0653. The Morgan fingerprint density at radius 3 is 2.30 bits per heavy atom. The zero-order valence-electron chi connectivity index (χ0n) is 16.5. The van der Waals surface area contributed by atoms with E-state index in [1.807, 2.05) is 19.0 Å². The number of amides is 1. The molecule has 0 saturated heterocycles. The van der Waals surface area contributed by atoms with Crippen molar-refractivity contribution in [2.24, 2.45) is 0 Å². The summed E-state index contributed by atoms with van der Waals surface area (Å²) in [6.07, 6.45) is 4.73. The molecule has 7 nitrogen and oxygen atoms in total. The van der Waals surface area contributed by atoms with Gasteiger partial charge in [-0.05, 0) is 64.0 Å². The fourth-order valence-electron chi connectivity index (χ4n) is 3.04. The zero-order valence-corrected chi connectivity index (χ0v) is 17.3. The SMILES string of the molecule is CC(=O)N(CCNS(=O)(=O)c1ccc(OC2CCCC2)cc1)CCN(C)C. The highest BCUT2D eigenvalue weighted by molar-refractivity contribution is 7.89. The van der Waals surface area contributed by atoms with Crippen molar-refractivity contribution < 1.29 is 17.9 Å². The van der Waals surface area contributed by atoms with Gasteiger partial charge in [0.15, 0.2) is 0 Å². The van der Waals surface area contributed by atoms with Crippen LogP contribution >= 0.6 is 0 Å². The second kappa shape index (κ2) is 10.1. The normalized spacial score (nSPS) is 15.3. The van der Waals surface area contributed by atoms with Crippen molar-refractivity contribution in [3.05, 3.63) is 24.3 Å². The molecule has 0 unspecified atom stereocenters. The highest BCUT2D eigenvalue weighted by atomic mass is 32.2. The maximum absolute atomic E-state index is 12.4. The summed E-state index contributed by atoms with van der Waals surface area (Å²) in [4.78, 5) is 15.5. The Morgan fingerprint density at radius 2 is 1.74 bits per heavy atom. The molecule has 0 radical (unpaired) electrons. The summed E-state index contributed by atoms with van der Waals surface area (Å²) in [5, 5.41) is 0. The Kier molecular flexibility index (Phi) is 8.07. The van der Waals surface area contributed by atoms with Crippen molar-refractivity contribution in [2.75, 3.05) is 40.3 Å². The van der Waals surface area contributed by atoms with E-state index < -0.39 is 10.0 Å². The molecule has 1 aliphatic carbocycles. The van der Waals surface area contributed by atoms with Gasteiger partial charge in [-0.15, -0.1) is 0 Å². The highest BCUT2D eigenvalue weighted by Crippen LogP contribution is 2.24. The Labute approximate surface area is 162 Å². The van der Waals surface area contributed by atoms with E-state index >= 15 is 0 Å². The summed E-state index contributed by atoms with van der Waals surface area (Å²) >= 11 is 0. The first-order valence-corrected chi connectivity index (χ1v) is 10.9. The van der Waals surface area contributed by atoms with Gasteiger partial charge in [-0.1, -0.05) is 0 Å². The van der Waals surface area contributed by atoms with E-state index in [2.05, 4.69) is 4.72 Å². The van der Waals surface area contributed by atoms with Crippen LogP contribution < -0.4 is 9.46 Å². The molecule has 1 aromatic carbocycles. The van der Waals surface area contributed by atoms with Crippen LogP contribution in [0.15, 0.2) is 29.2 Å². The molecule has 0 atom stereocenters. The van der Waals surface area contributed by atoms with Gasteiger partial charge in [-0.2, -0.15) is 0 Å². The first kappa shape index (κ1) is 21.7. The van der Waals surface area contributed by atoms with Gasteiger partial charge in [0.05, 0.1) is 11.0 Å². The maximum Gasteiger partial charge on any atom is 0.240 e. The van der Waals surface area contributed by atoms with Crippen molar-refractivity contribution in [1.82, 2.24) is 14.5 Å². The van der Waals surface area contributed by atoms with E-state index in [1.165, 1.54) is 19.8 Å². The average molecular weight is 398 g/mol. The number of sulfonamides is 1. The molecule has 8 heteroatoms. The summed E-state index contributed by atoms with van der Waals surface area (Å²) < 4.78 is 33.3. The van der Waals surface area contributed by atoms with Gasteiger partial charge in [0.1, 0.15) is 5.75 Å². The zero-order chi connectivity index (χ0) is 19.9. The van der Waals surface area contributed by atoms with E-state index in [9.17, 15) is 13.2 Å². The lowest BCUT2D eigenvalue weighted by atomic mass is 10.3.